The van der Waals surface area contributed by atoms with Gasteiger partial charge >= 0.3 is 0 Å². The molecule has 7 heteroatoms. The normalized spacial score (nSPS) is 9.34. The number of rotatable bonds is 2. The Hall–Kier alpha value is -2.77. The summed E-state index contributed by atoms with van der Waals surface area (Å²) in [5.74, 6) is 1.56. The number of hydrogen-bond donors (Lipinski definition) is 1. The summed E-state index contributed by atoms with van der Waals surface area (Å²) in [7, 11) is 0. The lowest BCUT2D eigenvalue weighted by Gasteiger charge is -2.03. The van der Waals surface area contributed by atoms with Crippen LogP contribution in [0.5, 0.6) is 17.2 Å². The smallest absolute Gasteiger partial charge is 0.145 e. The maximum Gasteiger partial charge on any atom is 0.145 e. The first-order valence-corrected chi connectivity index (χ1v) is 9.95. The lowest BCUT2D eigenvalue weighted by atomic mass is 10.3. The highest BCUT2D eigenvalue weighted by Gasteiger charge is 1.95. The third-order valence-electron chi connectivity index (χ3n) is 3.14. The van der Waals surface area contributed by atoms with Crippen LogP contribution in [0.3, 0.4) is 0 Å². The lowest BCUT2D eigenvalue weighted by Crippen LogP contribution is -1.83. The third-order valence-corrected chi connectivity index (χ3v) is 4.19. The minimum Gasteiger partial charge on any atom is -0.508 e. The zero-order chi connectivity index (χ0) is 20.9. The molecule has 2 aromatic carbocycles. The Labute approximate surface area is 185 Å². The molecule has 4 nitrogen and oxygen atoms in total. The lowest BCUT2D eigenvalue weighted by molar-refractivity contribution is 0.475. The van der Waals surface area contributed by atoms with Gasteiger partial charge in [0.2, 0.25) is 0 Å². The first-order valence-electron chi connectivity index (χ1n) is 8.36. The number of phenolic OH excluding ortho intramolecular Hbond substituents is 1. The van der Waals surface area contributed by atoms with Crippen molar-refractivity contribution in [3.8, 4) is 17.2 Å². The second kappa shape index (κ2) is 12.6. The molecule has 0 saturated carbocycles. The number of nitrogens with zero attached hydrogens (tertiary/aromatic N) is 2. The Morgan fingerprint density at radius 1 is 0.690 bits per heavy atom. The number of phenols is 1. The fourth-order valence-corrected chi connectivity index (χ4v) is 2.36. The van der Waals surface area contributed by atoms with Crippen LogP contribution in [-0.4, -0.2) is 15.1 Å². The molecule has 0 amide bonds. The van der Waals surface area contributed by atoms with E-state index in [1.54, 1.807) is 42.7 Å². The number of hydrogen-bond acceptors (Lipinski definition) is 4. The van der Waals surface area contributed by atoms with Gasteiger partial charge in [-0.05, 0) is 72.8 Å². The van der Waals surface area contributed by atoms with E-state index in [2.05, 4.69) is 41.8 Å². The van der Waals surface area contributed by atoms with Crippen molar-refractivity contribution in [2.24, 2.45) is 0 Å². The largest absolute Gasteiger partial charge is 0.508 e. The second-order valence-electron chi connectivity index (χ2n) is 5.39. The minimum atomic E-state index is -0.289. The molecule has 4 aromatic rings. The number of benzene rings is 2. The summed E-state index contributed by atoms with van der Waals surface area (Å²) in [6.45, 7) is 0. The minimum absolute atomic E-state index is 0.289. The Morgan fingerprint density at radius 2 is 1.24 bits per heavy atom. The van der Waals surface area contributed by atoms with Crippen molar-refractivity contribution in [3.63, 3.8) is 0 Å². The van der Waals surface area contributed by atoms with Crippen LogP contribution in [0.25, 0.3) is 0 Å². The zero-order valence-corrected chi connectivity index (χ0v) is 18.3. The van der Waals surface area contributed by atoms with Crippen LogP contribution < -0.4 is 4.74 Å². The molecule has 148 valence electrons. The van der Waals surface area contributed by atoms with Crippen LogP contribution in [0, 0.1) is 5.82 Å². The molecule has 2 aromatic heterocycles. The average molecular weight is 520 g/mol. The van der Waals surface area contributed by atoms with Gasteiger partial charge in [0.1, 0.15) is 23.1 Å². The zero-order valence-electron chi connectivity index (χ0n) is 15.1. The topological polar surface area (TPSA) is 55.2 Å². The van der Waals surface area contributed by atoms with Crippen LogP contribution in [0.1, 0.15) is 0 Å². The predicted octanol–water partition coefficient (Wildman–Crippen LogP) is 7.01. The standard InChI is InChI=1S/C11H8BrNO.C6H5BrO.C5H4FN/c12-9-3-5-10(6-4-9)14-11-2-1-7-13-8-11;7-5-1-3-6(8)4-2-5;6-5-2-1-3-7-4-5/h1-8H;1-4,8H;1-4H. The average Bonchev–Trinajstić information content (AvgIpc) is 2.74. The highest BCUT2D eigenvalue weighted by atomic mass is 79.9. The Balaban J connectivity index is 0.000000170. The van der Waals surface area contributed by atoms with Gasteiger partial charge < -0.3 is 9.84 Å². The summed E-state index contributed by atoms with van der Waals surface area (Å²) in [6, 6.07) is 21.1. The summed E-state index contributed by atoms with van der Waals surface area (Å²) in [5, 5.41) is 8.74. The predicted molar refractivity (Wildman–Crippen MR) is 118 cm³/mol. The van der Waals surface area contributed by atoms with Gasteiger partial charge in [0.15, 0.2) is 0 Å². The quantitative estimate of drug-likeness (QED) is 0.309. The molecule has 0 saturated heterocycles. The van der Waals surface area contributed by atoms with Gasteiger partial charge in [-0.2, -0.15) is 0 Å². The Bertz CT molecular complexity index is 934. The fourth-order valence-electron chi connectivity index (χ4n) is 1.83. The van der Waals surface area contributed by atoms with E-state index in [1.165, 1.54) is 18.5 Å². The van der Waals surface area contributed by atoms with Crippen LogP contribution in [0.2, 0.25) is 0 Å². The summed E-state index contributed by atoms with van der Waals surface area (Å²) in [6.07, 6.45) is 6.10. The van der Waals surface area contributed by atoms with Crippen molar-refractivity contribution in [1.82, 2.24) is 9.97 Å². The molecule has 0 bridgehead atoms. The van der Waals surface area contributed by atoms with Crippen molar-refractivity contribution in [2.45, 2.75) is 0 Å². The van der Waals surface area contributed by atoms with Gasteiger partial charge in [0.05, 0.1) is 12.4 Å². The number of ether oxygens (including phenoxy) is 1. The van der Waals surface area contributed by atoms with Gasteiger partial charge in [0, 0.05) is 21.3 Å². The van der Waals surface area contributed by atoms with Gasteiger partial charge in [0.25, 0.3) is 0 Å². The maximum atomic E-state index is 11.8. The van der Waals surface area contributed by atoms with Gasteiger partial charge in [-0.3, -0.25) is 9.97 Å². The van der Waals surface area contributed by atoms with Crippen LogP contribution in [0.4, 0.5) is 4.39 Å². The number of halogens is 3. The molecule has 0 aliphatic carbocycles. The van der Waals surface area contributed by atoms with Crippen molar-refractivity contribution in [3.05, 3.63) is 112 Å². The molecule has 29 heavy (non-hydrogen) atoms. The summed E-state index contributed by atoms with van der Waals surface area (Å²) >= 11 is 6.60. The van der Waals surface area contributed by atoms with E-state index < -0.39 is 0 Å². The molecule has 0 aliphatic heterocycles. The highest BCUT2D eigenvalue weighted by Crippen LogP contribution is 2.21. The summed E-state index contributed by atoms with van der Waals surface area (Å²) < 4.78 is 19.4. The number of aromatic hydroxyl groups is 1. The van der Waals surface area contributed by atoms with E-state index in [0.717, 1.165) is 20.4 Å². The maximum absolute atomic E-state index is 11.8. The van der Waals surface area contributed by atoms with Crippen molar-refractivity contribution >= 4 is 31.9 Å². The van der Waals surface area contributed by atoms with E-state index in [9.17, 15) is 4.39 Å². The number of pyridine rings is 2. The third kappa shape index (κ3) is 9.82. The van der Waals surface area contributed by atoms with E-state index in [1.807, 2.05) is 36.4 Å². The van der Waals surface area contributed by atoms with Crippen molar-refractivity contribution in [1.29, 1.82) is 0 Å². The monoisotopic (exact) mass is 518 g/mol. The molecule has 0 spiro atoms. The molecular formula is C22H17Br2FN2O2. The Kier molecular flexibility index (Phi) is 9.82. The van der Waals surface area contributed by atoms with E-state index in [-0.39, 0.29) is 5.82 Å². The Morgan fingerprint density at radius 3 is 1.66 bits per heavy atom. The van der Waals surface area contributed by atoms with Gasteiger partial charge in [-0.25, -0.2) is 4.39 Å². The molecule has 0 fully saturated rings. The van der Waals surface area contributed by atoms with Crippen LogP contribution in [0.15, 0.2) is 107 Å². The summed E-state index contributed by atoms with van der Waals surface area (Å²) in [5.41, 5.74) is 0. The molecule has 0 aliphatic rings. The highest BCUT2D eigenvalue weighted by molar-refractivity contribution is 9.10. The SMILES string of the molecule is Brc1ccc(Oc2cccnc2)cc1.Fc1cccnc1.Oc1ccc(Br)cc1. The van der Waals surface area contributed by atoms with Gasteiger partial charge in [-0.15, -0.1) is 0 Å². The van der Waals surface area contributed by atoms with Crippen molar-refractivity contribution < 1.29 is 14.2 Å². The molecule has 2 heterocycles. The molecule has 0 atom stereocenters. The van der Waals surface area contributed by atoms with Gasteiger partial charge in [-0.1, -0.05) is 31.9 Å². The second-order valence-corrected chi connectivity index (χ2v) is 7.22. The van der Waals surface area contributed by atoms with Crippen LogP contribution in [-0.2, 0) is 0 Å². The number of aromatic nitrogens is 2. The molecule has 0 radical (unpaired) electrons. The molecule has 1 N–H and O–H groups in total. The summed E-state index contributed by atoms with van der Waals surface area (Å²) in [4.78, 5) is 7.47. The first-order chi connectivity index (χ1) is 14.0. The van der Waals surface area contributed by atoms with E-state index in [0.29, 0.717) is 5.75 Å². The molecular weight excluding hydrogens is 503 g/mol. The van der Waals surface area contributed by atoms with E-state index >= 15 is 0 Å². The molecule has 4 rings (SSSR count). The fraction of sp³-hybridized carbons (Fsp3) is 0. The van der Waals surface area contributed by atoms with Crippen molar-refractivity contribution in [2.75, 3.05) is 0 Å². The molecule has 0 unspecified atom stereocenters. The van der Waals surface area contributed by atoms with E-state index in [4.69, 9.17) is 9.84 Å². The van der Waals surface area contributed by atoms with Crippen LogP contribution >= 0.6 is 31.9 Å². The first kappa shape index (κ1) is 22.5.